The summed E-state index contributed by atoms with van der Waals surface area (Å²) in [7, 11) is -10.5. The lowest BCUT2D eigenvalue weighted by atomic mass is 9.69. The molecular weight excluding hydrogens is 763 g/mol. The van der Waals surface area contributed by atoms with Crippen LogP contribution in [0.1, 0.15) is 133 Å². The highest BCUT2D eigenvalue weighted by molar-refractivity contribution is 7.86. The molecule has 56 heavy (non-hydrogen) atoms. The van der Waals surface area contributed by atoms with E-state index in [1.165, 1.54) is 0 Å². The number of carbonyl (C=O) groups excluding carboxylic acids is 3. The third-order valence-electron chi connectivity index (χ3n) is 11.3. The van der Waals surface area contributed by atoms with E-state index >= 15 is 0 Å². The second kappa shape index (κ2) is 13.9. The number of hydrogen-bond acceptors (Lipinski definition) is 12. The minimum absolute atomic E-state index is 0.000731. The molecule has 14 nitrogen and oxygen atoms in total. The number of nitrogens with zero attached hydrogens (tertiary/aromatic N) is 3. The quantitative estimate of drug-likeness (QED) is 0.123. The van der Waals surface area contributed by atoms with E-state index in [0.29, 0.717) is 71.8 Å². The van der Waals surface area contributed by atoms with Gasteiger partial charge in [-0.15, -0.1) is 5.06 Å². The predicted molar refractivity (Wildman–Crippen MR) is 199 cm³/mol. The van der Waals surface area contributed by atoms with Crippen LogP contribution in [0.25, 0.3) is 11.6 Å². The van der Waals surface area contributed by atoms with Crippen LogP contribution >= 0.6 is 0 Å². The monoisotopic (exact) mass is 807 g/mol. The fourth-order valence-electron chi connectivity index (χ4n) is 9.22. The largest absolute Gasteiger partial charge is 0.744 e. The number of imide groups is 1. The molecule has 0 radical (unpaired) electrons. The van der Waals surface area contributed by atoms with Gasteiger partial charge in [0.2, 0.25) is 0 Å². The first-order chi connectivity index (χ1) is 26.1. The molecule has 2 aromatic carbocycles. The molecule has 16 heteroatoms. The molecule has 1 saturated heterocycles. The van der Waals surface area contributed by atoms with Crippen molar-refractivity contribution in [1.82, 2.24) is 14.6 Å². The van der Waals surface area contributed by atoms with Crippen LogP contribution in [0.2, 0.25) is 0 Å². The van der Waals surface area contributed by atoms with Gasteiger partial charge in [0, 0.05) is 54.6 Å². The molecule has 1 aromatic heterocycles. The molecular formula is C40H45N3O11S2-2. The summed E-state index contributed by atoms with van der Waals surface area (Å²) in [6, 6.07) is 3.62. The van der Waals surface area contributed by atoms with Crippen LogP contribution in [0.15, 0.2) is 34.3 Å². The summed E-state index contributed by atoms with van der Waals surface area (Å²) in [6.45, 7) is 12.1. The average Bonchev–Trinajstić information content (AvgIpc) is 3.65. The van der Waals surface area contributed by atoms with Gasteiger partial charge in [0.15, 0.2) is 11.5 Å². The number of hydroxylamine groups is 2. The van der Waals surface area contributed by atoms with E-state index in [9.17, 15) is 40.3 Å². The highest BCUT2D eigenvalue weighted by Crippen LogP contribution is 2.51. The van der Waals surface area contributed by atoms with E-state index < -0.39 is 53.2 Å². The van der Waals surface area contributed by atoms with Crippen LogP contribution in [0, 0.1) is 10.8 Å². The van der Waals surface area contributed by atoms with Gasteiger partial charge in [-0.05, 0) is 88.8 Å². The van der Waals surface area contributed by atoms with E-state index in [4.69, 9.17) is 14.6 Å². The Hall–Kier alpha value is -4.38. The minimum Gasteiger partial charge on any atom is -0.744 e. The molecule has 0 N–H and O–H groups in total. The van der Waals surface area contributed by atoms with E-state index in [1.54, 1.807) is 24.5 Å². The third kappa shape index (κ3) is 7.32. The Bertz CT molecular complexity index is 2540. The van der Waals surface area contributed by atoms with Gasteiger partial charge >= 0.3 is 5.97 Å². The molecule has 7 rings (SSSR count). The lowest BCUT2D eigenvalue weighted by molar-refractivity contribution is -0.197. The standard InChI is InChI=1S/C40H47N3O11S2/c1-22-18-39(3,4)20-28-24(22)16-26-33(38-41-13-15-42(38)14-9-7-8-10-32(46)54-43-30(44)11-12-31(43)45)27-17-25-23(2)19-40(5,6)21-29(25)37(56(50,51)52)35(27)53-34(26)36(28)55(47,48)49/h13,15-17,20,22-23H,7-12,14,18-19,21H2,1-6H3,(H,47,48,49)(H,50,51,52)/p-2. The fraction of sp³-hybridized carbons (Fsp3) is 0.500. The van der Waals surface area contributed by atoms with Gasteiger partial charge in [-0.25, -0.2) is 26.6 Å². The molecule has 0 saturated carbocycles. The number of unbranched alkanes of at least 4 members (excludes halogenated alkanes) is 2. The van der Waals surface area contributed by atoms with Crippen molar-refractivity contribution in [2.75, 3.05) is 0 Å². The smallest absolute Gasteiger partial charge is 0.333 e. The summed E-state index contributed by atoms with van der Waals surface area (Å²) in [6.07, 6.45) is 8.07. The third-order valence-corrected chi connectivity index (χ3v) is 13.1. The Kier molecular flexibility index (Phi) is 9.90. The second-order valence-electron chi connectivity index (χ2n) is 17.1. The lowest BCUT2D eigenvalue weighted by Gasteiger charge is -2.39. The summed E-state index contributed by atoms with van der Waals surface area (Å²) >= 11 is 0. The number of imidazole rings is 1. The molecule has 0 bridgehead atoms. The van der Waals surface area contributed by atoms with Crippen molar-refractivity contribution in [2.24, 2.45) is 10.8 Å². The summed E-state index contributed by atoms with van der Waals surface area (Å²) in [5, 5.41) is 0.957. The Labute approximate surface area is 326 Å². The van der Waals surface area contributed by atoms with Crippen LogP contribution in [-0.4, -0.2) is 58.3 Å². The molecule has 3 aromatic rings. The van der Waals surface area contributed by atoms with Gasteiger partial charge in [0.05, 0.1) is 0 Å². The zero-order valence-corrected chi connectivity index (χ0v) is 33.9. The number of aryl methyl sites for hydroxylation is 1. The lowest BCUT2D eigenvalue weighted by Crippen LogP contribution is -2.35. The Morgan fingerprint density at radius 2 is 1.57 bits per heavy atom. The molecule has 2 amide bonds. The Morgan fingerprint density at radius 1 is 0.911 bits per heavy atom. The van der Waals surface area contributed by atoms with Crippen LogP contribution in [-0.2, 0) is 52.4 Å². The number of benzene rings is 2. The van der Waals surface area contributed by atoms with Crippen molar-refractivity contribution in [2.45, 2.75) is 128 Å². The van der Waals surface area contributed by atoms with Crippen molar-refractivity contribution in [3.05, 3.63) is 63.0 Å². The minimum atomic E-state index is -5.25. The molecule has 2 aliphatic carbocycles. The number of ether oxygens (including phenoxy) is 1. The van der Waals surface area contributed by atoms with Crippen LogP contribution in [0.5, 0.6) is 11.5 Å². The summed E-state index contributed by atoms with van der Waals surface area (Å²) in [4.78, 5) is 44.5. The van der Waals surface area contributed by atoms with Gasteiger partial charge in [0.1, 0.15) is 35.9 Å². The maximum atomic E-state index is 13.4. The van der Waals surface area contributed by atoms with E-state index in [0.717, 1.165) is 0 Å². The zero-order valence-electron chi connectivity index (χ0n) is 32.3. The number of rotatable bonds is 10. The van der Waals surface area contributed by atoms with Crippen molar-refractivity contribution in [3.8, 4) is 11.5 Å². The van der Waals surface area contributed by atoms with E-state index in [-0.39, 0.29) is 70.4 Å². The maximum absolute atomic E-state index is 13.4. The van der Waals surface area contributed by atoms with E-state index in [2.05, 4.69) is 0 Å². The SMILES string of the molecule is CC1CC(C)(C)Cc2c1cc1c(c2S(=O)(=O)[O-])Oc2c(S(=O)(=O)[O-])c3c(cc2=C1c1nccn1CCCCCC(=O)ON1C(=O)CCC1=O)C(C)CC(C)(C)C=3. The van der Waals surface area contributed by atoms with E-state index in [1.807, 2.05) is 52.2 Å². The van der Waals surface area contributed by atoms with Gasteiger partial charge in [-0.2, -0.15) is 0 Å². The van der Waals surface area contributed by atoms with Gasteiger partial charge in [-0.1, -0.05) is 54.0 Å². The molecule has 0 spiro atoms. The fourth-order valence-corrected chi connectivity index (χ4v) is 10.9. The second-order valence-corrected chi connectivity index (χ2v) is 19.7. The van der Waals surface area contributed by atoms with Crippen molar-refractivity contribution < 1.29 is 49.9 Å². The topological polar surface area (TPSA) is 205 Å². The average molecular weight is 808 g/mol. The molecule has 2 aliphatic heterocycles. The van der Waals surface area contributed by atoms with Crippen LogP contribution < -0.4 is 15.2 Å². The van der Waals surface area contributed by atoms with Gasteiger partial charge < -0.3 is 23.2 Å². The number of amides is 2. The molecule has 3 heterocycles. The van der Waals surface area contributed by atoms with Crippen molar-refractivity contribution in [3.63, 3.8) is 0 Å². The summed E-state index contributed by atoms with van der Waals surface area (Å²) in [5.41, 5.74) is 1.33. The maximum Gasteiger partial charge on any atom is 0.333 e. The molecule has 1 fully saturated rings. The highest BCUT2D eigenvalue weighted by Gasteiger charge is 2.40. The molecule has 2 unspecified atom stereocenters. The molecule has 4 aliphatic rings. The number of carbonyl (C=O) groups is 3. The van der Waals surface area contributed by atoms with Gasteiger partial charge in [-0.3, -0.25) is 9.59 Å². The number of fused-ring (bicyclic) bond motifs is 4. The first-order valence-corrected chi connectivity index (χ1v) is 21.7. The molecule has 300 valence electrons. The number of aromatic nitrogens is 2. The highest BCUT2D eigenvalue weighted by atomic mass is 32.2. The van der Waals surface area contributed by atoms with Gasteiger partial charge in [0.25, 0.3) is 11.8 Å². The van der Waals surface area contributed by atoms with Crippen molar-refractivity contribution >= 4 is 49.7 Å². The summed E-state index contributed by atoms with van der Waals surface area (Å²) in [5.74, 6) is -2.47. The zero-order chi connectivity index (χ0) is 40.7. The predicted octanol–water partition coefficient (Wildman–Crippen LogP) is 4.60. The van der Waals surface area contributed by atoms with Crippen LogP contribution in [0.3, 0.4) is 0 Å². The number of hydrogen-bond donors (Lipinski definition) is 0. The first-order valence-electron chi connectivity index (χ1n) is 18.9. The molecule has 2 atom stereocenters. The Balaban J connectivity index is 1.38. The Morgan fingerprint density at radius 3 is 2.23 bits per heavy atom. The van der Waals surface area contributed by atoms with Crippen LogP contribution in [0.4, 0.5) is 0 Å². The first kappa shape index (κ1) is 39.8. The summed E-state index contributed by atoms with van der Waals surface area (Å²) < 4.78 is 88.4. The normalized spacial score (nSPS) is 21.1. The van der Waals surface area contributed by atoms with Crippen molar-refractivity contribution in [1.29, 1.82) is 0 Å².